The minimum atomic E-state index is -0.427. The Balaban J connectivity index is 1.67. The fraction of sp³-hybridized carbons (Fsp3) is 0.655. The minimum absolute atomic E-state index is 0.0910. The van der Waals surface area contributed by atoms with Gasteiger partial charge in [0.2, 0.25) is 5.76 Å². The Labute approximate surface area is 211 Å². The van der Waals surface area contributed by atoms with Gasteiger partial charge in [-0.3, -0.25) is 4.79 Å². The number of ether oxygens (including phenoxy) is 3. The molecule has 6 heteroatoms. The molecule has 0 radical (unpaired) electrons. The summed E-state index contributed by atoms with van der Waals surface area (Å²) in [6.07, 6.45) is 10.1. The highest BCUT2D eigenvalue weighted by molar-refractivity contribution is 5.91. The maximum Gasteiger partial charge on any atom is 0.373 e. The van der Waals surface area contributed by atoms with Crippen LogP contribution in [0.25, 0.3) is 6.08 Å². The van der Waals surface area contributed by atoms with Crippen molar-refractivity contribution in [2.24, 2.45) is 0 Å². The predicted octanol–water partition coefficient (Wildman–Crippen LogP) is 5.93. The third-order valence-corrected chi connectivity index (χ3v) is 6.07. The molecule has 0 aliphatic heterocycles. The number of rotatable bonds is 16. The van der Waals surface area contributed by atoms with Crippen molar-refractivity contribution < 1.29 is 23.8 Å². The van der Waals surface area contributed by atoms with Gasteiger partial charge in [-0.15, -0.1) is 0 Å². The SMILES string of the molecule is CCOC(=O)C(=Cc1ccc(C2(CNCCCCCCCC(=O)OC(C)(C)C)CC2)cc1)OCC. The molecule has 1 fully saturated rings. The van der Waals surface area contributed by atoms with Crippen LogP contribution in [0, 0.1) is 0 Å². The fourth-order valence-corrected chi connectivity index (χ4v) is 4.09. The first-order valence-electron chi connectivity index (χ1n) is 13.2. The van der Waals surface area contributed by atoms with E-state index in [1.54, 1.807) is 13.0 Å². The van der Waals surface area contributed by atoms with Crippen molar-refractivity contribution in [3.05, 3.63) is 41.2 Å². The molecule has 1 N–H and O–H groups in total. The maximum absolute atomic E-state index is 12.0. The second-order valence-corrected chi connectivity index (χ2v) is 10.3. The Morgan fingerprint density at radius 3 is 2.17 bits per heavy atom. The molecule has 0 unspecified atom stereocenters. The third kappa shape index (κ3) is 10.9. The highest BCUT2D eigenvalue weighted by Crippen LogP contribution is 2.47. The topological polar surface area (TPSA) is 73.9 Å². The van der Waals surface area contributed by atoms with Crippen molar-refractivity contribution in [1.29, 1.82) is 0 Å². The van der Waals surface area contributed by atoms with Crippen LogP contribution in [0.2, 0.25) is 0 Å². The van der Waals surface area contributed by atoms with Gasteiger partial charge < -0.3 is 19.5 Å². The first-order valence-corrected chi connectivity index (χ1v) is 13.2. The van der Waals surface area contributed by atoms with E-state index in [0.29, 0.717) is 19.6 Å². The number of nitrogens with one attached hydrogen (secondary N) is 1. The van der Waals surface area contributed by atoms with Gasteiger partial charge >= 0.3 is 11.9 Å². The lowest BCUT2D eigenvalue weighted by atomic mass is 9.94. The number of hydrogen-bond donors (Lipinski definition) is 1. The molecule has 0 amide bonds. The van der Waals surface area contributed by atoms with E-state index in [1.165, 1.54) is 24.8 Å². The lowest BCUT2D eigenvalue weighted by Gasteiger charge is -2.19. The summed E-state index contributed by atoms with van der Waals surface area (Å²) in [5, 5.41) is 3.65. The van der Waals surface area contributed by atoms with Crippen molar-refractivity contribution in [2.45, 2.75) is 97.0 Å². The summed E-state index contributed by atoms with van der Waals surface area (Å²) in [6, 6.07) is 8.43. The van der Waals surface area contributed by atoms with E-state index >= 15 is 0 Å². The van der Waals surface area contributed by atoms with Crippen molar-refractivity contribution in [2.75, 3.05) is 26.3 Å². The summed E-state index contributed by atoms with van der Waals surface area (Å²) < 4.78 is 15.9. The van der Waals surface area contributed by atoms with E-state index in [1.807, 2.05) is 39.8 Å². The van der Waals surface area contributed by atoms with Crippen LogP contribution in [0.5, 0.6) is 0 Å². The summed E-state index contributed by atoms with van der Waals surface area (Å²) in [7, 11) is 0. The zero-order valence-electron chi connectivity index (χ0n) is 22.4. The zero-order valence-corrected chi connectivity index (χ0v) is 22.4. The molecule has 1 aromatic carbocycles. The average Bonchev–Trinajstić information content (AvgIpc) is 3.58. The number of carbonyl (C=O) groups is 2. The molecule has 2 rings (SSSR count). The van der Waals surface area contributed by atoms with Crippen LogP contribution in [0.3, 0.4) is 0 Å². The highest BCUT2D eigenvalue weighted by Gasteiger charge is 2.43. The standard InChI is InChI=1S/C29H45NO5/c1-6-33-25(27(32)34-7-2)21-23-14-16-24(17-15-23)29(18-19-29)22-30-20-12-10-8-9-11-13-26(31)35-28(3,4)5/h14-17,21,30H,6-13,18-20,22H2,1-5H3. The van der Waals surface area contributed by atoms with Crippen LogP contribution < -0.4 is 5.32 Å². The van der Waals surface area contributed by atoms with Crippen molar-refractivity contribution in [3.63, 3.8) is 0 Å². The molecule has 0 aromatic heterocycles. The van der Waals surface area contributed by atoms with Crippen molar-refractivity contribution >= 4 is 18.0 Å². The molecular weight excluding hydrogens is 442 g/mol. The third-order valence-electron chi connectivity index (χ3n) is 6.07. The van der Waals surface area contributed by atoms with E-state index in [2.05, 4.69) is 17.4 Å². The van der Waals surface area contributed by atoms with E-state index in [0.717, 1.165) is 44.3 Å². The van der Waals surface area contributed by atoms with Gasteiger partial charge in [-0.05, 0) is 84.0 Å². The molecule has 0 heterocycles. The lowest BCUT2D eigenvalue weighted by molar-refractivity contribution is -0.155. The molecule has 1 aliphatic carbocycles. The van der Waals surface area contributed by atoms with E-state index in [-0.39, 0.29) is 17.1 Å². The molecule has 6 nitrogen and oxygen atoms in total. The van der Waals surface area contributed by atoms with Gasteiger partial charge in [0.1, 0.15) is 5.60 Å². The van der Waals surface area contributed by atoms with Gasteiger partial charge in [-0.25, -0.2) is 4.79 Å². The number of hydrogen-bond acceptors (Lipinski definition) is 6. The monoisotopic (exact) mass is 487 g/mol. The first-order chi connectivity index (χ1) is 16.7. The van der Waals surface area contributed by atoms with Gasteiger partial charge in [0.15, 0.2) is 0 Å². The summed E-state index contributed by atoms with van der Waals surface area (Å²) in [6.45, 7) is 12.1. The minimum Gasteiger partial charge on any atom is -0.487 e. The second kappa shape index (κ2) is 14.3. The van der Waals surface area contributed by atoms with Crippen LogP contribution in [0.4, 0.5) is 0 Å². The Morgan fingerprint density at radius 1 is 0.943 bits per heavy atom. The lowest BCUT2D eigenvalue weighted by Crippen LogP contribution is -2.27. The van der Waals surface area contributed by atoms with Crippen LogP contribution in [0.1, 0.15) is 97.1 Å². The first kappa shape index (κ1) is 28.9. The molecule has 196 valence electrons. The Kier molecular flexibility index (Phi) is 11.8. The second-order valence-electron chi connectivity index (χ2n) is 10.3. The molecule has 1 saturated carbocycles. The highest BCUT2D eigenvalue weighted by atomic mass is 16.6. The number of carbonyl (C=O) groups excluding carboxylic acids is 2. The van der Waals surface area contributed by atoms with Gasteiger partial charge in [-0.1, -0.05) is 43.5 Å². The summed E-state index contributed by atoms with van der Waals surface area (Å²) in [4.78, 5) is 23.8. The summed E-state index contributed by atoms with van der Waals surface area (Å²) in [5.41, 5.74) is 2.12. The van der Waals surface area contributed by atoms with Crippen LogP contribution in [-0.4, -0.2) is 43.8 Å². The van der Waals surface area contributed by atoms with Gasteiger partial charge in [0, 0.05) is 18.4 Å². The van der Waals surface area contributed by atoms with Crippen molar-refractivity contribution in [3.8, 4) is 0 Å². The number of benzene rings is 1. The Morgan fingerprint density at radius 2 is 1.57 bits per heavy atom. The molecule has 0 saturated heterocycles. The predicted molar refractivity (Wildman–Crippen MR) is 140 cm³/mol. The molecule has 0 atom stereocenters. The molecule has 1 aromatic rings. The summed E-state index contributed by atoms with van der Waals surface area (Å²) in [5.74, 6) is -0.272. The summed E-state index contributed by atoms with van der Waals surface area (Å²) >= 11 is 0. The van der Waals surface area contributed by atoms with Crippen LogP contribution in [-0.2, 0) is 29.2 Å². The van der Waals surface area contributed by atoms with E-state index < -0.39 is 11.6 Å². The molecular formula is C29H45NO5. The zero-order chi connectivity index (χ0) is 25.7. The smallest absolute Gasteiger partial charge is 0.373 e. The van der Waals surface area contributed by atoms with E-state index in [9.17, 15) is 9.59 Å². The molecule has 0 bridgehead atoms. The van der Waals surface area contributed by atoms with Gasteiger partial charge in [0.05, 0.1) is 13.2 Å². The molecule has 1 aliphatic rings. The molecule has 35 heavy (non-hydrogen) atoms. The molecule has 0 spiro atoms. The average molecular weight is 488 g/mol. The van der Waals surface area contributed by atoms with Crippen LogP contribution >= 0.6 is 0 Å². The van der Waals surface area contributed by atoms with Gasteiger partial charge in [0.25, 0.3) is 0 Å². The Hall–Kier alpha value is -2.34. The quantitative estimate of drug-likeness (QED) is 0.135. The number of unbranched alkanes of at least 4 members (excludes halogenated alkanes) is 4. The van der Waals surface area contributed by atoms with E-state index in [4.69, 9.17) is 14.2 Å². The maximum atomic E-state index is 12.0. The fourth-order valence-electron chi connectivity index (χ4n) is 4.09. The number of esters is 2. The van der Waals surface area contributed by atoms with Crippen LogP contribution in [0.15, 0.2) is 30.0 Å². The largest absolute Gasteiger partial charge is 0.487 e. The van der Waals surface area contributed by atoms with Crippen molar-refractivity contribution in [1.82, 2.24) is 5.32 Å². The van der Waals surface area contributed by atoms with Gasteiger partial charge in [-0.2, -0.15) is 0 Å². The Bertz CT molecular complexity index is 818. The normalized spacial score (nSPS) is 14.9.